The lowest BCUT2D eigenvalue weighted by Crippen LogP contribution is -2.35. The van der Waals surface area contributed by atoms with Gasteiger partial charge in [0.2, 0.25) is 0 Å². The topological polar surface area (TPSA) is 12.0 Å². The molecule has 1 atom stereocenters. The van der Waals surface area contributed by atoms with Crippen LogP contribution in [0.2, 0.25) is 0 Å². The summed E-state index contributed by atoms with van der Waals surface area (Å²) in [5.74, 6) is 0. The Balaban J connectivity index is 0.000000750. The zero-order valence-electron chi connectivity index (χ0n) is 8.16. The minimum atomic E-state index is 0. The monoisotopic (exact) mass is 229 g/mol. The van der Waals surface area contributed by atoms with E-state index in [0.29, 0.717) is 0 Å². The molecule has 3 rings (SSSR count). The summed E-state index contributed by atoms with van der Waals surface area (Å²) in [4.78, 5) is 0. The van der Waals surface area contributed by atoms with Gasteiger partial charge in [-0.3, -0.25) is 0 Å². The molecule has 0 bridgehead atoms. The molecule has 0 aliphatic heterocycles. The maximum Gasteiger partial charge on any atom is 0.0114 e. The highest BCUT2D eigenvalue weighted by molar-refractivity contribution is 7.08. The van der Waals surface area contributed by atoms with Crippen LogP contribution in [-0.2, 0) is 12.8 Å². The molecule has 0 aromatic carbocycles. The van der Waals surface area contributed by atoms with Gasteiger partial charge in [-0.25, -0.2) is 0 Å². The van der Waals surface area contributed by atoms with Crippen LogP contribution in [0.25, 0.3) is 0 Å². The number of hydrogen-bond donors (Lipinski definition) is 1. The fourth-order valence-electron chi connectivity index (χ4n) is 2.17. The van der Waals surface area contributed by atoms with Crippen LogP contribution in [0.5, 0.6) is 0 Å². The van der Waals surface area contributed by atoms with E-state index in [1.54, 1.807) is 11.1 Å². The summed E-state index contributed by atoms with van der Waals surface area (Å²) in [5.41, 5.74) is 3.22. The van der Waals surface area contributed by atoms with E-state index in [0.717, 1.165) is 12.1 Å². The number of aryl methyl sites for hydroxylation is 1. The minimum absolute atomic E-state index is 0. The lowest BCUT2D eigenvalue weighted by atomic mass is 9.91. The van der Waals surface area contributed by atoms with Crippen molar-refractivity contribution in [1.82, 2.24) is 5.32 Å². The van der Waals surface area contributed by atoms with E-state index in [4.69, 9.17) is 0 Å². The Morgan fingerprint density at radius 1 is 1.07 bits per heavy atom. The average molecular weight is 230 g/mol. The van der Waals surface area contributed by atoms with Crippen molar-refractivity contribution in [1.29, 1.82) is 0 Å². The van der Waals surface area contributed by atoms with Gasteiger partial charge >= 0.3 is 0 Å². The summed E-state index contributed by atoms with van der Waals surface area (Å²) >= 11 is 1.86. The van der Waals surface area contributed by atoms with Gasteiger partial charge in [0.25, 0.3) is 0 Å². The number of nitrogens with one attached hydrogen (secondary N) is 1. The first-order valence-corrected chi connectivity index (χ1v) is 6.16. The number of hydrogen-bond acceptors (Lipinski definition) is 2. The molecular formula is C11H16ClNS. The summed E-state index contributed by atoms with van der Waals surface area (Å²) in [6.07, 6.45) is 6.73. The molecule has 1 unspecified atom stereocenters. The molecule has 1 nitrogen and oxygen atoms in total. The van der Waals surface area contributed by atoms with Crippen LogP contribution in [0.15, 0.2) is 10.8 Å². The van der Waals surface area contributed by atoms with Gasteiger partial charge in [0.1, 0.15) is 0 Å². The van der Waals surface area contributed by atoms with Crippen molar-refractivity contribution in [2.45, 2.75) is 44.2 Å². The molecule has 1 fully saturated rings. The largest absolute Gasteiger partial charge is 0.311 e. The Morgan fingerprint density at radius 2 is 1.86 bits per heavy atom. The van der Waals surface area contributed by atoms with Crippen LogP contribution in [-0.4, -0.2) is 12.1 Å². The second kappa shape index (κ2) is 4.21. The molecule has 14 heavy (non-hydrogen) atoms. The van der Waals surface area contributed by atoms with E-state index in [1.165, 1.54) is 32.1 Å². The number of halogens is 1. The highest BCUT2D eigenvalue weighted by Crippen LogP contribution is 2.27. The first-order chi connectivity index (χ1) is 6.42. The summed E-state index contributed by atoms with van der Waals surface area (Å²) < 4.78 is 0. The zero-order chi connectivity index (χ0) is 8.67. The number of rotatable bonds is 2. The van der Waals surface area contributed by atoms with Crippen LogP contribution in [0.4, 0.5) is 0 Å². The average Bonchev–Trinajstić information content (AvgIpc) is 2.83. The standard InChI is InChI=1S/C11H15NS.ClH/c1-2-11(12-10-3-4-10)5-9-7-13-6-8(1)9;/h6-7,10-12H,1-5H2;1H. The quantitative estimate of drug-likeness (QED) is 0.823. The molecule has 1 heterocycles. The van der Waals surface area contributed by atoms with Gasteiger partial charge in [0, 0.05) is 12.1 Å². The van der Waals surface area contributed by atoms with Gasteiger partial charge in [-0.05, 0) is 54.0 Å². The first kappa shape index (κ1) is 10.5. The predicted octanol–water partition coefficient (Wildman–Crippen LogP) is 2.78. The van der Waals surface area contributed by atoms with Crippen molar-refractivity contribution in [3.63, 3.8) is 0 Å². The van der Waals surface area contributed by atoms with Gasteiger partial charge in [-0.15, -0.1) is 12.4 Å². The van der Waals surface area contributed by atoms with Crippen LogP contribution in [0.1, 0.15) is 30.4 Å². The Labute approximate surface area is 95.3 Å². The number of fused-ring (bicyclic) bond motifs is 1. The van der Waals surface area contributed by atoms with Crippen LogP contribution < -0.4 is 5.32 Å². The van der Waals surface area contributed by atoms with E-state index in [9.17, 15) is 0 Å². The number of thiophene rings is 1. The highest BCUT2D eigenvalue weighted by atomic mass is 35.5. The molecule has 1 N–H and O–H groups in total. The first-order valence-electron chi connectivity index (χ1n) is 5.22. The lowest BCUT2D eigenvalue weighted by Gasteiger charge is -2.23. The minimum Gasteiger partial charge on any atom is -0.311 e. The summed E-state index contributed by atoms with van der Waals surface area (Å²) in [5, 5.41) is 8.38. The molecule has 78 valence electrons. The van der Waals surface area contributed by atoms with Crippen molar-refractivity contribution in [3.05, 3.63) is 21.9 Å². The molecule has 1 aromatic heterocycles. The molecule has 2 aliphatic carbocycles. The van der Waals surface area contributed by atoms with Gasteiger partial charge in [0.05, 0.1) is 0 Å². The second-order valence-electron chi connectivity index (χ2n) is 4.30. The maximum absolute atomic E-state index is 3.73. The van der Waals surface area contributed by atoms with Crippen molar-refractivity contribution in [2.24, 2.45) is 0 Å². The maximum atomic E-state index is 3.73. The van der Waals surface area contributed by atoms with Crippen molar-refractivity contribution in [2.75, 3.05) is 0 Å². The molecule has 0 spiro atoms. The molecule has 3 heteroatoms. The third-order valence-corrected chi connectivity index (χ3v) is 3.95. The van der Waals surface area contributed by atoms with Gasteiger partial charge < -0.3 is 5.32 Å². The molecule has 1 saturated carbocycles. The summed E-state index contributed by atoms with van der Waals surface area (Å²) in [6, 6.07) is 1.64. The van der Waals surface area contributed by atoms with E-state index >= 15 is 0 Å². The van der Waals surface area contributed by atoms with Gasteiger partial charge in [-0.2, -0.15) is 11.3 Å². The predicted molar refractivity (Wildman–Crippen MR) is 63.5 cm³/mol. The fraction of sp³-hybridized carbons (Fsp3) is 0.636. The molecule has 0 saturated heterocycles. The van der Waals surface area contributed by atoms with Crippen LogP contribution in [0.3, 0.4) is 0 Å². The van der Waals surface area contributed by atoms with E-state index in [2.05, 4.69) is 16.1 Å². The van der Waals surface area contributed by atoms with Crippen molar-refractivity contribution >= 4 is 23.7 Å². The van der Waals surface area contributed by atoms with Gasteiger partial charge in [-0.1, -0.05) is 0 Å². The second-order valence-corrected chi connectivity index (χ2v) is 5.05. The third kappa shape index (κ3) is 2.13. The normalized spacial score (nSPS) is 25.3. The fourth-order valence-corrected chi connectivity index (χ4v) is 3.08. The lowest BCUT2D eigenvalue weighted by molar-refractivity contribution is 0.457. The van der Waals surface area contributed by atoms with E-state index < -0.39 is 0 Å². The van der Waals surface area contributed by atoms with Crippen LogP contribution >= 0.6 is 23.7 Å². The smallest absolute Gasteiger partial charge is 0.0114 e. The molecule has 0 radical (unpaired) electrons. The van der Waals surface area contributed by atoms with E-state index in [-0.39, 0.29) is 12.4 Å². The Kier molecular flexibility index (Phi) is 3.15. The molecule has 0 amide bonds. The SMILES string of the molecule is Cl.c1scc2c1CCC(NC1CC1)C2. The van der Waals surface area contributed by atoms with E-state index in [1.807, 2.05) is 11.3 Å². The summed E-state index contributed by atoms with van der Waals surface area (Å²) in [6.45, 7) is 0. The zero-order valence-corrected chi connectivity index (χ0v) is 9.79. The Morgan fingerprint density at radius 3 is 2.64 bits per heavy atom. The van der Waals surface area contributed by atoms with Crippen molar-refractivity contribution in [3.8, 4) is 0 Å². The molecule has 1 aromatic rings. The Hall–Kier alpha value is -0.0500. The third-order valence-electron chi connectivity index (χ3n) is 3.11. The van der Waals surface area contributed by atoms with Gasteiger partial charge in [0.15, 0.2) is 0 Å². The summed E-state index contributed by atoms with van der Waals surface area (Å²) in [7, 11) is 0. The molecule has 2 aliphatic rings. The van der Waals surface area contributed by atoms with Crippen LogP contribution in [0, 0.1) is 0 Å². The highest BCUT2D eigenvalue weighted by Gasteiger charge is 2.26. The molecular weight excluding hydrogens is 214 g/mol. The van der Waals surface area contributed by atoms with Crippen molar-refractivity contribution < 1.29 is 0 Å². The Bertz CT molecular complexity index is 306.